The minimum atomic E-state index is -3.66. The Kier molecular flexibility index (Phi) is 2.89. The van der Waals surface area contributed by atoms with Crippen LogP contribution in [-0.2, 0) is 24.3 Å². The summed E-state index contributed by atoms with van der Waals surface area (Å²) < 4.78 is 28.8. The second-order valence-electron chi connectivity index (χ2n) is 4.01. The maximum atomic E-state index is 11.6. The van der Waals surface area contributed by atoms with E-state index >= 15 is 0 Å². The number of carbonyl (C=O) groups excluding carboxylic acids is 2. The highest BCUT2D eigenvalue weighted by atomic mass is 32.2. The molecule has 92 valence electrons. The Morgan fingerprint density at radius 3 is 2.65 bits per heavy atom. The molecule has 2 atom stereocenters. The summed E-state index contributed by atoms with van der Waals surface area (Å²) in [6.07, 6.45) is 0.264. The second kappa shape index (κ2) is 4.09. The van der Waals surface area contributed by atoms with Gasteiger partial charge in [-0.1, -0.05) is 0 Å². The Morgan fingerprint density at radius 1 is 1.35 bits per heavy atom. The van der Waals surface area contributed by atoms with E-state index in [4.69, 9.17) is 5.26 Å². The number of sulfonamides is 1. The number of hydrogen-bond acceptors (Lipinski definition) is 6. The van der Waals surface area contributed by atoms with Gasteiger partial charge in [-0.3, -0.25) is 9.59 Å². The van der Waals surface area contributed by atoms with E-state index in [1.807, 2.05) is 0 Å². The van der Waals surface area contributed by atoms with Crippen LogP contribution in [0.3, 0.4) is 0 Å². The fourth-order valence-electron chi connectivity index (χ4n) is 2.12. The van der Waals surface area contributed by atoms with Crippen molar-refractivity contribution in [2.24, 2.45) is 11.8 Å². The molecule has 8 heteroatoms. The lowest BCUT2D eigenvalue weighted by molar-refractivity contribution is -0.153. The molecule has 0 aromatic heterocycles. The number of ether oxygens (including phenoxy) is 1. The predicted octanol–water partition coefficient (Wildman–Crippen LogP) is -1.14. The summed E-state index contributed by atoms with van der Waals surface area (Å²) in [6.45, 7) is 0.0762. The lowest BCUT2D eigenvalue weighted by Crippen LogP contribution is -2.45. The fraction of sp³-hybridized carbons (Fsp3) is 0.667. The van der Waals surface area contributed by atoms with Crippen molar-refractivity contribution in [3.05, 3.63) is 0 Å². The van der Waals surface area contributed by atoms with Gasteiger partial charge in [0, 0.05) is 13.1 Å². The van der Waals surface area contributed by atoms with Gasteiger partial charge in [-0.25, -0.2) is 12.7 Å². The van der Waals surface area contributed by atoms with Gasteiger partial charge in [0.2, 0.25) is 10.0 Å². The van der Waals surface area contributed by atoms with Gasteiger partial charge in [-0.15, -0.1) is 0 Å². The number of piperidine rings is 1. The molecular weight excluding hydrogens is 248 g/mol. The number of esters is 2. The van der Waals surface area contributed by atoms with Crippen LogP contribution in [-0.4, -0.2) is 43.5 Å². The zero-order valence-corrected chi connectivity index (χ0v) is 9.64. The van der Waals surface area contributed by atoms with Crippen LogP contribution in [0.5, 0.6) is 0 Å². The van der Waals surface area contributed by atoms with Gasteiger partial charge in [-0.2, -0.15) is 5.26 Å². The smallest absolute Gasteiger partial charge is 0.318 e. The third-order valence-electron chi connectivity index (χ3n) is 3.02. The molecule has 0 saturated carbocycles. The molecular formula is C9H10N2O5S. The van der Waals surface area contributed by atoms with Crippen molar-refractivity contribution in [3.63, 3.8) is 0 Å². The molecule has 0 N–H and O–H groups in total. The van der Waals surface area contributed by atoms with Crippen LogP contribution in [0.2, 0.25) is 0 Å². The first-order chi connectivity index (χ1) is 7.95. The molecule has 7 nitrogen and oxygen atoms in total. The van der Waals surface area contributed by atoms with Crippen LogP contribution < -0.4 is 0 Å². The number of nitrogens with zero attached hydrogens (tertiary/aromatic N) is 2. The van der Waals surface area contributed by atoms with Gasteiger partial charge in [0.1, 0.15) is 0 Å². The molecule has 2 unspecified atom stereocenters. The number of rotatable bonds is 2. The van der Waals surface area contributed by atoms with Gasteiger partial charge in [0.05, 0.1) is 17.9 Å². The van der Waals surface area contributed by atoms with Gasteiger partial charge in [0.25, 0.3) is 0 Å². The largest absolute Gasteiger partial charge is 0.393 e. The summed E-state index contributed by atoms with van der Waals surface area (Å²) >= 11 is 0. The van der Waals surface area contributed by atoms with E-state index in [1.165, 1.54) is 0 Å². The summed E-state index contributed by atoms with van der Waals surface area (Å²) in [7, 11) is -3.66. The third-order valence-corrected chi connectivity index (χ3v) is 4.63. The molecule has 0 aromatic rings. The average molecular weight is 258 g/mol. The Hall–Kier alpha value is -1.46. The highest BCUT2D eigenvalue weighted by Crippen LogP contribution is 2.32. The SMILES string of the molecule is N#CCS(=O)(=O)N1CCC2C(=O)OC(=O)C2C1. The molecule has 0 radical (unpaired) electrons. The van der Waals surface area contributed by atoms with E-state index in [1.54, 1.807) is 6.07 Å². The minimum Gasteiger partial charge on any atom is -0.393 e. The standard InChI is InChI=1S/C9H10N2O5S/c10-2-4-17(14,15)11-3-1-6-7(5-11)9(13)16-8(6)12/h6-7H,1,3-5H2. The summed E-state index contributed by atoms with van der Waals surface area (Å²) in [5, 5.41) is 8.41. The van der Waals surface area contributed by atoms with Crippen LogP contribution in [0.25, 0.3) is 0 Å². The molecule has 0 amide bonds. The molecule has 17 heavy (non-hydrogen) atoms. The highest BCUT2D eigenvalue weighted by Gasteiger charge is 2.49. The van der Waals surface area contributed by atoms with Crippen molar-refractivity contribution in [1.82, 2.24) is 4.31 Å². The van der Waals surface area contributed by atoms with Crippen molar-refractivity contribution in [3.8, 4) is 6.07 Å². The molecule has 2 rings (SSSR count). The van der Waals surface area contributed by atoms with Gasteiger partial charge in [-0.05, 0) is 6.42 Å². The highest BCUT2D eigenvalue weighted by molar-refractivity contribution is 7.89. The molecule has 2 heterocycles. The van der Waals surface area contributed by atoms with Crippen molar-refractivity contribution in [1.29, 1.82) is 5.26 Å². The van der Waals surface area contributed by atoms with E-state index in [0.29, 0.717) is 0 Å². The van der Waals surface area contributed by atoms with E-state index < -0.39 is 39.6 Å². The predicted molar refractivity (Wildman–Crippen MR) is 53.7 cm³/mol. The monoisotopic (exact) mass is 258 g/mol. The summed E-state index contributed by atoms with van der Waals surface area (Å²) in [6, 6.07) is 1.57. The molecule has 0 aliphatic carbocycles. The first-order valence-electron chi connectivity index (χ1n) is 5.06. The molecule has 2 fully saturated rings. The first-order valence-corrected chi connectivity index (χ1v) is 6.67. The number of cyclic esters (lactones) is 2. The molecule has 2 saturated heterocycles. The number of carbonyl (C=O) groups is 2. The molecule has 2 aliphatic heterocycles. The van der Waals surface area contributed by atoms with E-state index in [-0.39, 0.29) is 19.5 Å². The third kappa shape index (κ3) is 2.03. The molecule has 0 bridgehead atoms. The lowest BCUT2D eigenvalue weighted by Gasteiger charge is -2.29. The fourth-order valence-corrected chi connectivity index (χ4v) is 3.24. The molecule has 0 spiro atoms. The number of nitriles is 1. The van der Waals surface area contributed by atoms with Crippen LogP contribution in [0.15, 0.2) is 0 Å². The van der Waals surface area contributed by atoms with E-state index in [9.17, 15) is 18.0 Å². The first kappa shape index (κ1) is 12.0. The normalized spacial score (nSPS) is 29.6. The van der Waals surface area contributed by atoms with Crippen molar-refractivity contribution < 1.29 is 22.7 Å². The topological polar surface area (TPSA) is 105 Å². The van der Waals surface area contributed by atoms with Crippen molar-refractivity contribution in [2.45, 2.75) is 6.42 Å². The van der Waals surface area contributed by atoms with Gasteiger partial charge in [0.15, 0.2) is 5.75 Å². The average Bonchev–Trinajstić information content (AvgIpc) is 2.54. The van der Waals surface area contributed by atoms with Gasteiger partial charge < -0.3 is 4.74 Å². The molecule has 0 aromatic carbocycles. The van der Waals surface area contributed by atoms with Gasteiger partial charge >= 0.3 is 11.9 Å². The van der Waals surface area contributed by atoms with E-state index in [2.05, 4.69) is 4.74 Å². The second-order valence-corrected chi connectivity index (χ2v) is 5.98. The Balaban J connectivity index is 2.16. The zero-order valence-electron chi connectivity index (χ0n) is 8.83. The van der Waals surface area contributed by atoms with Crippen LogP contribution in [0.1, 0.15) is 6.42 Å². The summed E-state index contributed by atoms with van der Waals surface area (Å²) in [4.78, 5) is 22.6. The molecule has 2 aliphatic rings. The Morgan fingerprint density at radius 2 is 2.00 bits per heavy atom. The minimum absolute atomic E-state index is 0.0702. The van der Waals surface area contributed by atoms with Crippen molar-refractivity contribution >= 4 is 22.0 Å². The van der Waals surface area contributed by atoms with Crippen LogP contribution in [0, 0.1) is 23.2 Å². The number of fused-ring (bicyclic) bond motifs is 1. The zero-order chi connectivity index (χ0) is 12.6. The summed E-state index contributed by atoms with van der Waals surface area (Å²) in [5.41, 5.74) is 0. The summed E-state index contributed by atoms with van der Waals surface area (Å²) in [5.74, 6) is -3.11. The number of hydrogen-bond donors (Lipinski definition) is 0. The Bertz CT molecular complexity index is 506. The van der Waals surface area contributed by atoms with Crippen molar-refractivity contribution in [2.75, 3.05) is 18.8 Å². The quantitative estimate of drug-likeness (QED) is 0.458. The maximum absolute atomic E-state index is 11.6. The lowest BCUT2D eigenvalue weighted by atomic mass is 9.89. The van der Waals surface area contributed by atoms with Crippen LogP contribution >= 0.6 is 0 Å². The van der Waals surface area contributed by atoms with Crippen LogP contribution in [0.4, 0.5) is 0 Å². The maximum Gasteiger partial charge on any atom is 0.318 e. The van der Waals surface area contributed by atoms with E-state index in [0.717, 1.165) is 4.31 Å². The Labute approximate surface area is 98.0 Å².